The second kappa shape index (κ2) is 5.74. The first-order chi connectivity index (χ1) is 10.1. The summed E-state index contributed by atoms with van der Waals surface area (Å²) in [7, 11) is 0. The molecule has 0 saturated carbocycles. The number of hydrogen-bond acceptors (Lipinski definition) is 2. The van der Waals surface area contributed by atoms with E-state index in [1.54, 1.807) is 30.3 Å². The van der Waals surface area contributed by atoms with E-state index < -0.39 is 0 Å². The lowest BCUT2D eigenvalue weighted by Crippen LogP contribution is -2.32. The quantitative estimate of drug-likeness (QED) is 0.918. The van der Waals surface area contributed by atoms with Gasteiger partial charge in [0.1, 0.15) is 11.6 Å². The van der Waals surface area contributed by atoms with Crippen LogP contribution in [-0.2, 0) is 0 Å². The van der Waals surface area contributed by atoms with E-state index in [0.29, 0.717) is 34.9 Å². The summed E-state index contributed by atoms with van der Waals surface area (Å²) in [6, 6.07) is 10.9. The molecule has 0 radical (unpaired) electrons. The van der Waals surface area contributed by atoms with Crippen molar-refractivity contribution in [3.05, 3.63) is 64.4 Å². The Kier molecular flexibility index (Phi) is 3.80. The number of ether oxygens (including phenoxy) is 1. The molecule has 1 heterocycles. The van der Waals surface area contributed by atoms with E-state index in [1.807, 2.05) is 0 Å². The zero-order chi connectivity index (χ0) is 14.8. The van der Waals surface area contributed by atoms with Gasteiger partial charge in [0, 0.05) is 12.0 Å². The maximum atomic E-state index is 13.4. The molecule has 0 saturated heterocycles. The fourth-order valence-corrected chi connectivity index (χ4v) is 2.62. The molecular weight excluding hydrogens is 293 g/mol. The summed E-state index contributed by atoms with van der Waals surface area (Å²) >= 11 is 6.02. The highest BCUT2D eigenvalue weighted by Crippen LogP contribution is 2.32. The third-order valence-electron chi connectivity index (χ3n) is 3.44. The smallest absolute Gasteiger partial charge is 0.253 e. The van der Waals surface area contributed by atoms with E-state index in [4.69, 9.17) is 16.3 Å². The predicted octanol–water partition coefficient (Wildman–Crippen LogP) is 3.73. The molecule has 3 rings (SSSR count). The van der Waals surface area contributed by atoms with Crippen molar-refractivity contribution in [2.75, 3.05) is 6.61 Å². The maximum Gasteiger partial charge on any atom is 0.253 e. The Morgan fingerprint density at radius 2 is 2.10 bits per heavy atom. The van der Waals surface area contributed by atoms with Crippen LogP contribution in [0.1, 0.15) is 28.4 Å². The normalized spacial score (nSPS) is 16.8. The van der Waals surface area contributed by atoms with Crippen molar-refractivity contribution < 1.29 is 13.9 Å². The maximum absolute atomic E-state index is 13.4. The first-order valence-corrected chi connectivity index (χ1v) is 7.00. The predicted molar refractivity (Wildman–Crippen MR) is 78.2 cm³/mol. The molecule has 3 nitrogen and oxygen atoms in total. The van der Waals surface area contributed by atoms with E-state index in [2.05, 4.69) is 5.32 Å². The van der Waals surface area contributed by atoms with Gasteiger partial charge in [0.2, 0.25) is 0 Å². The Labute approximate surface area is 126 Å². The molecular formula is C16H13ClFNO2. The summed E-state index contributed by atoms with van der Waals surface area (Å²) in [5.74, 6) is -0.0222. The summed E-state index contributed by atoms with van der Waals surface area (Å²) in [6.07, 6.45) is 0.590. The van der Waals surface area contributed by atoms with Gasteiger partial charge in [0.25, 0.3) is 5.91 Å². The lowest BCUT2D eigenvalue weighted by molar-refractivity contribution is 0.0924. The van der Waals surface area contributed by atoms with Crippen molar-refractivity contribution in [1.29, 1.82) is 0 Å². The van der Waals surface area contributed by atoms with Crippen LogP contribution in [0.25, 0.3) is 0 Å². The molecule has 2 aromatic carbocycles. The molecule has 0 bridgehead atoms. The van der Waals surface area contributed by atoms with Crippen molar-refractivity contribution in [3.63, 3.8) is 0 Å². The van der Waals surface area contributed by atoms with Crippen LogP contribution in [0.4, 0.5) is 4.39 Å². The lowest BCUT2D eigenvalue weighted by atomic mass is 10.00. The highest BCUT2D eigenvalue weighted by atomic mass is 35.5. The van der Waals surface area contributed by atoms with E-state index in [-0.39, 0.29) is 17.8 Å². The minimum atomic E-state index is -0.351. The van der Waals surface area contributed by atoms with Gasteiger partial charge in [-0.2, -0.15) is 0 Å². The molecule has 1 aliphatic rings. The van der Waals surface area contributed by atoms with Gasteiger partial charge in [0.15, 0.2) is 0 Å². The molecule has 1 amide bonds. The van der Waals surface area contributed by atoms with Crippen LogP contribution in [0, 0.1) is 5.82 Å². The average Bonchev–Trinajstić information content (AvgIpc) is 2.48. The molecule has 108 valence electrons. The summed E-state index contributed by atoms with van der Waals surface area (Å²) in [5.41, 5.74) is 1.06. The Bertz CT molecular complexity index is 690. The van der Waals surface area contributed by atoms with Crippen molar-refractivity contribution in [2.45, 2.75) is 12.5 Å². The van der Waals surface area contributed by atoms with Gasteiger partial charge >= 0.3 is 0 Å². The zero-order valence-corrected chi connectivity index (χ0v) is 11.9. The number of benzene rings is 2. The average molecular weight is 306 g/mol. The van der Waals surface area contributed by atoms with Crippen LogP contribution < -0.4 is 10.1 Å². The molecule has 0 fully saturated rings. The Balaban J connectivity index is 1.85. The summed E-state index contributed by atoms with van der Waals surface area (Å²) in [5, 5.41) is 3.28. The summed E-state index contributed by atoms with van der Waals surface area (Å²) in [6.45, 7) is 0.478. The minimum absolute atomic E-state index is 0.275. The zero-order valence-electron chi connectivity index (χ0n) is 11.1. The molecule has 0 aliphatic carbocycles. The Morgan fingerprint density at radius 3 is 2.90 bits per heavy atom. The number of carbonyl (C=O) groups excluding carboxylic acids is 1. The van der Waals surface area contributed by atoms with Gasteiger partial charge < -0.3 is 10.1 Å². The molecule has 1 unspecified atom stereocenters. The Morgan fingerprint density at radius 1 is 1.29 bits per heavy atom. The molecule has 2 aromatic rings. The van der Waals surface area contributed by atoms with Crippen molar-refractivity contribution in [1.82, 2.24) is 5.32 Å². The lowest BCUT2D eigenvalue weighted by Gasteiger charge is -2.26. The Hall–Kier alpha value is -2.07. The fraction of sp³-hybridized carbons (Fsp3) is 0.188. The number of hydrogen-bond donors (Lipinski definition) is 1. The molecule has 1 aliphatic heterocycles. The molecule has 21 heavy (non-hydrogen) atoms. The SMILES string of the molecule is O=C(NC1CCOc2ccc(F)cc21)c1ccccc1Cl. The van der Waals surface area contributed by atoms with Crippen molar-refractivity contribution >= 4 is 17.5 Å². The fourth-order valence-electron chi connectivity index (χ4n) is 2.40. The van der Waals surface area contributed by atoms with Crippen LogP contribution in [0.2, 0.25) is 5.02 Å². The van der Waals surface area contributed by atoms with Gasteiger partial charge in [-0.3, -0.25) is 4.79 Å². The molecule has 0 aromatic heterocycles. The van der Waals surface area contributed by atoms with E-state index in [1.165, 1.54) is 12.1 Å². The number of nitrogens with one attached hydrogen (secondary N) is 1. The van der Waals surface area contributed by atoms with Crippen LogP contribution in [0.3, 0.4) is 0 Å². The van der Waals surface area contributed by atoms with E-state index in [0.717, 1.165) is 0 Å². The summed E-state index contributed by atoms with van der Waals surface area (Å²) < 4.78 is 18.9. The molecule has 1 atom stereocenters. The van der Waals surface area contributed by atoms with Crippen LogP contribution in [0.15, 0.2) is 42.5 Å². The second-order valence-electron chi connectivity index (χ2n) is 4.83. The number of fused-ring (bicyclic) bond motifs is 1. The number of amides is 1. The molecule has 1 N–H and O–H groups in total. The van der Waals surface area contributed by atoms with Crippen LogP contribution >= 0.6 is 11.6 Å². The topological polar surface area (TPSA) is 38.3 Å². The van der Waals surface area contributed by atoms with Gasteiger partial charge in [-0.25, -0.2) is 4.39 Å². The molecule has 0 spiro atoms. The first-order valence-electron chi connectivity index (χ1n) is 6.63. The summed E-state index contributed by atoms with van der Waals surface area (Å²) in [4.78, 5) is 12.3. The van der Waals surface area contributed by atoms with Gasteiger partial charge in [-0.05, 0) is 30.3 Å². The number of rotatable bonds is 2. The van der Waals surface area contributed by atoms with Crippen molar-refractivity contribution in [3.8, 4) is 5.75 Å². The number of carbonyl (C=O) groups is 1. The third kappa shape index (κ3) is 2.85. The standard InChI is InChI=1S/C16H13ClFNO2/c17-13-4-2-1-3-11(13)16(20)19-14-7-8-21-15-6-5-10(18)9-12(14)15/h1-6,9,14H,7-8H2,(H,19,20). The highest BCUT2D eigenvalue weighted by Gasteiger charge is 2.24. The minimum Gasteiger partial charge on any atom is -0.493 e. The third-order valence-corrected chi connectivity index (χ3v) is 3.76. The second-order valence-corrected chi connectivity index (χ2v) is 5.23. The van der Waals surface area contributed by atoms with Gasteiger partial charge in [0.05, 0.1) is 23.2 Å². The largest absolute Gasteiger partial charge is 0.493 e. The highest BCUT2D eigenvalue weighted by molar-refractivity contribution is 6.33. The van der Waals surface area contributed by atoms with E-state index in [9.17, 15) is 9.18 Å². The van der Waals surface area contributed by atoms with Gasteiger partial charge in [-0.15, -0.1) is 0 Å². The first kappa shape index (κ1) is 13.9. The van der Waals surface area contributed by atoms with Crippen molar-refractivity contribution in [2.24, 2.45) is 0 Å². The van der Waals surface area contributed by atoms with Crippen LogP contribution in [0.5, 0.6) is 5.75 Å². The van der Waals surface area contributed by atoms with Crippen LogP contribution in [-0.4, -0.2) is 12.5 Å². The van der Waals surface area contributed by atoms with Gasteiger partial charge in [-0.1, -0.05) is 23.7 Å². The van der Waals surface area contributed by atoms with E-state index >= 15 is 0 Å². The molecule has 5 heteroatoms. The number of halogens is 2. The monoisotopic (exact) mass is 305 g/mol.